The van der Waals surface area contributed by atoms with Crippen LogP contribution in [0.5, 0.6) is 0 Å². The van der Waals surface area contributed by atoms with Crippen molar-refractivity contribution in [3.8, 4) is 0 Å². The molecule has 0 aliphatic carbocycles. The lowest BCUT2D eigenvalue weighted by atomic mass is 10.2. The Labute approximate surface area is 112 Å². The highest BCUT2D eigenvalue weighted by Crippen LogP contribution is 2.25. The van der Waals surface area contributed by atoms with Crippen LogP contribution in [0.2, 0.25) is 0 Å². The highest BCUT2D eigenvalue weighted by molar-refractivity contribution is 7.15. The summed E-state index contributed by atoms with van der Waals surface area (Å²) >= 11 is 1.46. The van der Waals surface area contributed by atoms with Crippen LogP contribution in [-0.4, -0.2) is 27.6 Å². The van der Waals surface area contributed by atoms with E-state index in [0.29, 0.717) is 5.13 Å². The second kappa shape index (κ2) is 4.90. The molecule has 1 amide bonds. The normalized spacial score (nSPS) is 13.9. The number of nitrogens with zero attached hydrogens (tertiary/aromatic N) is 2. The molecule has 3 heterocycles. The maximum absolute atomic E-state index is 11.9. The molecule has 3 rings (SSSR count). The first-order valence-electron chi connectivity index (χ1n) is 5.79. The van der Waals surface area contributed by atoms with E-state index in [1.807, 2.05) is 0 Å². The van der Waals surface area contributed by atoms with Crippen LogP contribution in [-0.2, 0) is 13.0 Å². The van der Waals surface area contributed by atoms with Crippen LogP contribution in [0.25, 0.3) is 0 Å². The van der Waals surface area contributed by atoms with Crippen molar-refractivity contribution in [1.29, 1.82) is 0 Å². The molecule has 0 aromatic carbocycles. The molecule has 0 saturated heterocycles. The highest BCUT2D eigenvalue weighted by atomic mass is 32.1. The minimum absolute atomic E-state index is 0.158. The van der Waals surface area contributed by atoms with Crippen molar-refractivity contribution in [3.05, 3.63) is 38.8 Å². The Morgan fingerprint density at radius 1 is 1.42 bits per heavy atom. The fraction of sp³-hybridized carbons (Fsp3) is 0.273. The summed E-state index contributed by atoms with van der Waals surface area (Å²) in [7, 11) is 0. The van der Waals surface area contributed by atoms with Crippen molar-refractivity contribution in [2.75, 3.05) is 11.9 Å². The second-order valence-corrected chi connectivity index (χ2v) is 5.16. The van der Waals surface area contributed by atoms with Gasteiger partial charge in [0.2, 0.25) is 0 Å². The van der Waals surface area contributed by atoms with Gasteiger partial charge in [0.1, 0.15) is 5.69 Å². The van der Waals surface area contributed by atoms with E-state index in [1.54, 1.807) is 0 Å². The maximum Gasteiger partial charge on any atom is 0.277 e. The van der Waals surface area contributed by atoms with Gasteiger partial charge >= 0.3 is 0 Å². The lowest BCUT2D eigenvalue weighted by molar-refractivity contribution is 0.102. The molecule has 3 N–H and O–H groups in total. The molecule has 8 heteroatoms. The van der Waals surface area contributed by atoms with E-state index in [1.165, 1.54) is 23.5 Å². The second-order valence-electron chi connectivity index (χ2n) is 4.08. The van der Waals surface area contributed by atoms with Crippen LogP contribution in [0.4, 0.5) is 5.13 Å². The number of rotatable bonds is 2. The number of thiazole rings is 1. The third kappa shape index (κ3) is 2.54. The van der Waals surface area contributed by atoms with Gasteiger partial charge < -0.3 is 5.32 Å². The molecule has 19 heavy (non-hydrogen) atoms. The summed E-state index contributed by atoms with van der Waals surface area (Å²) in [5.41, 5.74) is 0.853. The molecule has 1 aliphatic heterocycles. The van der Waals surface area contributed by atoms with Gasteiger partial charge in [0.25, 0.3) is 11.5 Å². The van der Waals surface area contributed by atoms with E-state index in [9.17, 15) is 9.59 Å². The van der Waals surface area contributed by atoms with Crippen LogP contribution in [0.3, 0.4) is 0 Å². The molecule has 7 nitrogen and oxygen atoms in total. The van der Waals surface area contributed by atoms with E-state index in [-0.39, 0.29) is 17.2 Å². The quantitative estimate of drug-likeness (QED) is 0.724. The van der Waals surface area contributed by atoms with Crippen LogP contribution >= 0.6 is 11.3 Å². The zero-order chi connectivity index (χ0) is 13.2. The topological polar surface area (TPSA) is 99.8 Å². The molecule has 0 spiro atoms. The molecule has 98 valence electrons. The summed E-state index contributed by atoms with van der Waals surface area (Å²) in [6, 6.07) is 2.64. The third-order valence-corrected chi connectivity index (χ3v) is 3.75. The van der Waals surface area contributed by atoms with Crippen LogP contribution in [0.1, 0.15) is 21.1 Å². The van der Waals surface area contributed by atoms with Gasteiger partial charge in [-0.3, -0.25) is 14.9 Å². The monoisotopic (exact) mass is 277 g/mol. The Hall–Kier alpha value is -2.06. The van der Waals surface area contributed by atoms with Gasteiger partial charge in [-0.05, 0) is 6.07 Å². The number of carbonyl (C=O) groups is 1. The van der Waals surface area contributed by atoms with Gasteiger partial charge in [-0.25, -0.2) is 10.1 Å². The summed E-state index contributed by atoms with van der Waals surface area (Å²) in [4.78, 5) is 28.3. The predicted molar refractivity (Wildman–Crippen MR) is 70.3 cm³/mol. The SMILES string of the molecule is O=C(Nc1nc2c(s1)CNCC2)c1ccc(=O)[nH]n1. The summed E-state index contributed by atoms with van der Waals surface area (Å²) in [5.74, 6) is -0.379. The van der Waals surface area contributed by atoms with E-state index in [2.05, 4.69) is 25.8 Å². The lowest BCUT2D eigenvalue weighted by Gasteiger charge is -2.09. The van der Waals surface area contributed by atoms with E-state index in [4.69, 9.17) is 0 Å². The molecule has 2 aromatic heterocycles. The first-order valence-corrected chi connectivity index (χ1v) is 6.60. The summed E-state index contributed by atoms with van der Waals surface area (Å²) in [6.45, 7) is 1.70. The number of aromatic amines is 1. The smallest absolute Gasteiger partial charge is 0.277 e. The van der Waals surface area contributed by atoms with Gasteiger partial charge in [0, 0.05) is 30.5 Å². The predicted octanol–water partition coefficient (Wildman–Crippen LogP) is 0.124. The average Bonchev–Trinajstić information content (AvgIpc) is 2.81. The molecule has 0 atom stereocenters. The number of anilines is 1. The number of hydrogen-bond acceptors (Lipinski definition) is 6. The minimum Gasteiger partial charge on any atom is -0.311 e. The number of amides is 1. The molecule has 2 aromatic rings. The Kier molecular flexibility index (Phi) is 3.10. The zero-order valence-electron chi connectivity index (χ0n) is 9.90. The minimum atomic E-state index is -0.379. The highest BCUT2D eigenvalue weighted by Gasteiger charge is 2.16. The van der Waals surface area contributed by atoms with E-state index < -0.39 is 0 Å². The van der Waals surface area contributed by atoms with Gasteiger partial charge in [0.05, 0.1) is 5.69 Å². The molecule has 0 fully saturated rings. The molecule has 0 saturated carbocycles. The first-order chi connectivity index (χ1) is 9.22. The number of nitrogens with one attached hydrogen (secondary N) is 3. The van der Waals surface area contributed by atoms with Crippen molar-refractivity contribution in [1.82, 2.24) is 20.5 Å². The molecule has 0 bridgehead atoms. The largest absolute Gasteiger partial charge is 0.311 e. The Morgan fingerprint density at radius 3 is 3.05 bits per heavy atom. The maximum atomic E-state index is 11.9. The van der Waals surface area contributed by atoms with Crippen LogP contribution < -0.4 is 16.2 Å². The molecule has 0 radical (unpaired) electrons. The van der Waals surface area contributed by atoms with Gasteiger partial charge in [0.15, 0.2) is 5.13 Å². The zero-order valence-corrected chi connectivity index (χ0v) is 10.7. The lowest BCUT2D eigenvalue weighted by Crippen LogP contribution is -2.22. The summed E-state index contributed by atoms with van der Waals surface area (Å²) in [5, 5.41) is 12.4. The summed E-state index contributed by atoms with van der Waals surface area (Å²) in [6.07, 6.45) is 0.874. The number of carbonyl (C=O) groups excluding carboxylic acids is 1. The standard InChI is InChI=1S/C11H11N5O2S/c17-9-2-1-7(15-16-9)10(18)14-11-13-6-3-4-12-5-8(6)19-11/h1-2,12H,3-5H2,(H,16,17)(H,13,14,18). The molecular weight excluding hydrogens is 266 g/mol. The van der Waals surface area contributed by atoms with Crippen molar-refractivity contribution < 1.29 is 4.79 Å². The van der Waals surface area contributed by atoms with Crippen molar-refractivity contribution in [2.24, 2.45) is 0 Å². The Bertz CT molecular complexity index is 634. The van der Waals surface area contributed by atoms with Gasteiger partial charge in [-0.1, -0.05) is 0 Å². The van der Waals surface area contributed by atoms with E-state index in [0.717, 1.165) is 30.1 Å². The van der Waals surface area contributed by atoms with E-state index >= 15 is 0 Å². The van der Waals surface area contributed by atoms with Crippen molar-refractivity contribution >= 4 is 22.4 Å². The average molecular weight is 277 g/mol. The number of fused-ring (bicyclic) bond motifs is 1. The Morgan fingerprint density at radius 2 is 2.32 bits per heavy atom. The molecule has 1 aliphatic rings. The summed E-state index contributed by atoms with van der Waals surface area (Å²) < 4.78 is 0. The van der Waals surface area contributed by atoms with Crippen molar-refractivity contribution in [2.45, 2.75) is 13.0 Å². The Balaban J connectivity index is 1.77. The number of aromatic nitrogens is 3. The molecule has 0 unspecified atom stereocenters. The van der Waals surface area contributed by atoms with Crippen molar-refractivity contribution in [3.63, 3.8) is 0 Å². The third-order valence-electron chi connectivity index (χ3n) is 2.73. The number of hydrogen-bond donors (Lipinski definition) is 3. The first kappa shape index (κ1) is 12.0. The fourth-order valence-electron chi connectivity index (χ4n) is 1.81. The van der Waals surface area contributed by atoms with Gasteiger partial charge in [-0.15, -0.1) is 11.3 Å². The van der Waals surface area contributed by atoms with Crippen LogP contribution in [0.15, 0.2) is 16.9 Å². The van der Waals surface area contributed by atoms with Crippen LogP contribution in [0, 0.1) is 0 Å². The number of H-pyrrole nitrogens is 1. The van der Waals surface area contributed by atoms with Gasteiger partial charge in [-0.2, -0.15) is 5.10 Å². The molecular formula is C11H11N5O2S. The fourth-order valence-corrected chi connectivity index (χ4v) is 2.78.